The third kappa shape index (κ3) is 6.43. The summed E-state index contributed by atoms with van der Waals surface area (Å²) in [5, 5.41) is 3.30. The van der Waals surface area contributed by atoms with Crippen LogP contribution in [0.1, 0.15) is 0 Å². The largest absolute Gasteiger partial charge is 0.497 e. The lowest BCUT2D eigenvalue weighted by Gasteiger charge is -2.07. The van der Waals surface area contributed by atoms with Gasteiger partial charge in [0.2, 0.25) is 0 Å². The number of benzene rings is 1. The van der Waals surface area contributed by atoms with Gasteiger partial charge in [0.1, 0.15) is 18.1 Å². The zero-order valence-corrected chi connectivity index (χ0v) is 11.5. The van der Waals surface area contributed by atoms with E-state index in [2.05, 4.69) is 11.2 Å². The zero-order valence-electron chi connectivity index (χ0n) is 10.6. The van der Waals surface area contributed by atoms with Crippen molar-refractivity contribution < 1.29 is 9.47 Å². The summed E-state index contributed by atoms with van der Waals surface area (Å²) in [7, 11) is 1.65. The fraction of sp³-hybridized carbons (Fsp3) is 0.429. The number of ether oxygens (including phenoxy) is 2. The highest BCUT2D eigenvalue weighted by atomic mass is 32.2. The summed E-state index contributed by atoms with van der Waals surface area (Å²) in [5.74, 6) is 6.12. The van der Waals surface area contributed by atoms with E-state index in [1.54, 1.807) is 18.9 Å². The lowest BCUT2D eigenvalue weighted by atomic mass is 10.3. The van der Waals surface area contributed by atoms with Gasteiger partial charge in [-0.2, -0.15) is 0 Å². The highest BCUT2D eigenvalue weighted by molar-refractivity contribution is 7.99. The minimum Gasteiger partial charge on any atom is -0.497 e. The number of hydrogen-bond donors (Lipinski definition) is 1. The smallest absolute Gasteiger partial charge is 0.119 e. The SMILES string of the molecule is C#CCSCCNCCOc1ccc(OC)cc1. The van der Waals surface area contributed by atoms with Crippen molar-refractivity contribution in [1.82, 2.24) is 5.32 Å². The van der Waals surface area contributed by atoms with E-state index < -0.39 is 0 Å². The van der Waals surface area contributed by atoms with Crippen LogP contribution in [0.25, 0.3) is 0 Å². The van der Waals surface area contributed by atoms with Gasteiger partial charge in [0, 0.05) is 18.8 Å². The molecule has 1 N–H and O–H groups in total. The van der Waals surface area contributed by atoms with Crippen LogP contribution in [0.4, 0.5) is 0 Å². The summed E-state index contributed by atoms with van der Waals surface area (Å²) in [4.78, 5) is 0. The molecule has 1 aromatic rings. The van der Waals surface area contributed by atoms with Crippen molar-refractivity contribution >= 4 is 11.8 Å². The Bertz CT molecular complexity index is 359. The molecule has 0 aliphatic heterocycles. The summed E-state index contributed by atoms with van der Waals surface area (Å²) in [6.07, 6.45) is 5.16. The van der Waals surface area contributed by atoms with Crippen LogP contribution in [-0.2, 0) is 0 Å². The molecule has 98 valence electrons. The van der Waals surface area contributed by atoms with Crippen LogP contribution >= 0.6 is 11.8 Å². The quantitative estimate of drug-likeness (QED) is 0.547. The van der Waals surface area contributed by atoms with E-state index in [1.165, 1.54) is 0 Å². The molecule has 0 saturated heterocycles. The molecule has 1 rings (SSSR count). The first-order chi connectivity index (χ1) is 8.86. The molecule has 0 amide bonds. The van der Waals surface area contributed by atoms with Crippen LogP contribution in [0.5, 0.6) is 11.5 Å². The Kier molecular flexibility index (Phi) is 7.94. The van der Waals surface area contributed by atoms with Crippen molar-refractivity contribution in [3.8, 4) is 23.8 Å². The molecule has 1 aromatic carbocycles. The minimum atomic E-state index is 0.659. The Morgan fingerprint density at radius 2 is 1.94 bits per heavy atom. The Labute approximate surface area is 113 Å². The summed E-state index contributed by atoms with van der Waals surface area (Å²) in [6, 6.07) is 7.58. The topological polar surface area (TPSA) is 30.5 Å². The summed E-state index contributed by atoms with van der Waals surface area (Å²) >= 11 is 1.76. The lowest BCUT2D eigenvalue weighted by molar-refractivity contribution is 0.315. The molecule has 0 heterocycles. The van der Waals surface area contributed by atoms with Gasteiger partial charge in [-0.1, -0.05) is 5.92 Å². The van der Waals surface area contributed by atoms with E-state index in [1.807, 2.05) is 24.3 Å². The average Bonchev–Trinajstić information content (AvgIpc) is 2.42. The molecule has 0 aromatic heterocycles. The second-order valence-corrected chi connectivity index (χ2v) is 4.64. The second-order valence-electron chi connectivity index (χ2n) is 3.53. The van der Waals surface area contributed by atoms with Crippen molar-refractivity contribution in [2.45, 2.75) is 0 Å². The van der Waals surface area contributed by atoms with E-state index in [-0.39, 0.29) is 0 Å². The lowest BCUT2D eigenvalue weighted by Crippen LogP contribution is -2.23. The van der Waals surface area contributed by atoms with Gasteiger partial charge in [0.15, 0.2) is 0 Å². The first-order valence-corrected chi connectivity index (χ1v) is 7.01. The van der Waals surface area contributed by atoms with Crippen LogP contribution in [0, 0.1) is 12.3 Å². The van der Waals surface area contributed by atoms with Crippen molar-refractivity contribution in [3.05, 3.63) is 24.3 Å². The summed E-state index contributed by atoms with van der Waals surface area (Å²) in [5.41, 5.74) is 0. The van der Waals surface area contributed by atoms with Crippen LogP contribution in [0.2, 0.25) is 0 Å². The molecule has 3 nitrogen and oxygen atoms in total. The molecule has 0 aliphatic carbocycles. The van der Waals surface area contributed by atoms with E-state index in [0.717, 1.165) is 36.1 Å². The molecule has 0 spiro atoms. The monoisotopic (exact) mass is 265 g/mol. The third-order valence-electron chi connectivity index (χ3n) is 2.22. The van der Waals surface area contributed by atoms with E-state index in [9.17, 15) is 0 Å². The molecule has 0 fully saturated rings. The van der Waals surface area contributed by atoms with E-state index in [4.69, 9.17) is 15.9 Å². The van der Waals surface area contributed by atoms with Gasteiger partial charge < -0.3 is 14.8 Å². The zero-order chi connectivity index (χ0) is 13.1. The second kappa shape index (κ2) is 9.69. The highest BCUT2D eigenvalue weighted by Crippen LogP contribution is 2.16. The first kappa shape index (κ1) is 14.7. The predicted molar refractivity (Wildman–Crippen MR) is 77.5 cm³/mol. The van der Waals surface area contributed by atoms with Gasteiger partial charge in [0.05, 0.1) is 12.9 Å². The van der Waals surface area contributed by atoms with Gasteiger partial charge >= 0.3 is 0 Å². The van der Waals surface area contributed by atoms with Gasteiger partial charge in [0.25, 0.3) is 0 Å². The van der Waals surface area contributed by atoms with Crippen LogP contribution in [0.15, 0.2) is 24.3 Å². The van der Waals surface area contributed by atoms with Gasteiger partial charge in [-0.25, -0.2) is 0 Å². The maximum atomic E-state index is 5.58. The maximum absolute atomic E-state index is 5.58. The molecule has 18 heavy (non-hydrogen) atoms. The molecule has 0 atom stereocenters. The molecular weight excluding hydrogens is 246 g/mol. The first-order valence-electron chi connectivity index (χ1n) is 5.85. The minimum absolute atomic E-state index is 0.659. The Balaban J connectivity index is 2.02. The third-order valence-corrected chi connectivity index (χ3v) is 3.08. The van der Waals surface area contributed by atoms with Crippen LogP contribution in [0.3, 0.4) is 0 Å². The standard InChI is InChI=1S/C14H19NO2S/c1-3-11-18-12-9-15-8-10-17-14-6-4-13(16-2)5-7-14/h1,4-7,15H,8-12H2,2H3. The number of terminal acetylenes is 1. The van der Waals surface area contributed by atoms with E-state index in [0.29, 0.717) is 6.61 Å². The number of rotatable bonds is 9. The summed E-state index contributed by atoms with van der Waals surface area (Å²) in [6.45, 7) is 2.45. The molecule has 0 saturated carbocycles. The Morgan fingerprint density at radius 3 is 2.61 bits per heavy atom. The fourth-order valence-corrected chi connectivity index (χ4v) is 1.86. The van der Waals surface area contributed by atoms with Gasteiger partial charge in [-0.3, -0.25) is 0 Å². The van der Waals surface area contributed by atoms with Crippen molar-refractivity contribution in [1.29, 1.82) is 0 Å². The number of nitrogens with one attached hydrogen (secondary N) is 1. The highest BCUT2D eigenvalue weighted by Gasteiger charge is 1.95. The van der Waals surface area contributed by atoms with Crippen LogP contribution < -0.4 is 14.8 Å². The van der Waals surface area contributed by atoms with Gasteiger partial charge in [-0.15, -0.1) is 18.2 Å². The normalized spacial score (nSPS) is 9.78. The van der Waals surface area contributed by atoms with Gasteiger partial charge in [-0.05, 0) is 24.3 Å². The molecule has 0 unspecified atom stereocenters. The Morgan fingerprint density at radius 1 is 1.22 bits per heavy atom. The van der Waals surface area contributed by atoms with E-state index >= 15 is 0 Å². The van der Waals surface area contributed by atoms with Crippen LogP contribution in [-0.4, -0.2) is 38.3 Å². The van der Waals surface area contributed by atoms with Crippen molar-refractivity contribution in [2.24, 2.45) is 0 Å². The Hall–Kier alpha value is -1.31. The predicted octanol–water partition coefficient (Wildman–Crippen LogP) is 2.03. The van der Waals surface area contributed by atoms with Crippen molar-refractivity contribution in [2.75, 3.05) is 38.3 Å². The molecular formula is C14H19NO2S. The number of methoxy groups -OCH3 is 1. The molecule has 4 heteroatoms. The fourth-order valence-electron chi connectivity index (χ4n) is 1.31. The molecule has 0 aliphatic rings. The number of hydrogen-bond acceptors (Lipinski definition) is 4. The molecule has 0 bridgehead atoms. The average molecular weight is 265 g/mol. The molecule has 0 radical (unpaired) electrons. The van der Waals surface area contributed by atoms with Crippen molar-refractivity contribution in [3.63, 3.8) is 0 Å². The number of thioether (sulfide) groups is 1. The summed E-state index contributed by atoms with van der Waals surface area (Å²) < 4.78 is 10.7. The maximum Gasteiger partial charge on any atom is 0.119 e.